The zero-order valence-corrected chi connectivity index (χ0v) is 16.2. The number of halogens is 2. The number of amides is 1. The van der Waals surface area contributed by atoms with Gasteiger partial charge in [-0.2, -0.15) is 0 Å². The molecule has 0 aromatic heterocycles. The largest absolute Gasteiger partial charge is 0.444 e. The molecular weight excluding hydrogens is 380 g/mol. The highest BCUT2D eigenvalue weighted by Crippen LogP contribution is 2.22. The molecule has 23 heavy (non-hydrogen) atoms. The Morgan fingerprint density at radius 2 is 2.04 bits per heavy atom. The standard InChI is InChI=1S/C17H24BrClN2O2/c1-17(2,3)23-16(22)21-8-6-14(7-9-21)20-11-12-10-13(19)4-5-15(12)18/h4-5,10,14,20H,6-9,11H2,1-3H3. The van der Waals surface area contributed by atoms with Crippen LogP contribution < -0.4 is 5.32 Å². The number of ether oxygens (including phenoxy) is 1. The van der Waals surface area contributed by atoms with Crippen molar-refractivity contribution in [2.24, 2.45) is 0 Å². The van der Waals surface area contributed by atoms with Crippen LogP contribution >= 0.6 is 27.5 Å². The van der Waals surface area contributed by atoms with Crippen LogP contribution in [0, 0.1) is 0 Å². The van der Waals surface area contributed by atoms with Crippen molar-refractivity contribution in [2.45, 2.75) is 51.8 Å². The average molecular weight is 404 g/mol. The molecule has 0 unspecified atom stereocenters. The van der Waals surface area contributed by atoms with Gasteiger partial charge in [0.15, 0.2) is 0 Å². The van der Waals surface area contributed by atoms with Crippen molar-refractivity contribution in [3.8, 4) is 0 Å². The van der Waals surface area contributed by atoms with E-state index in [1.807, 2.05) is 39.0 Å². The Balaban J connectivity index is 1.79. The highest BCUT2D eigenvalue weighted by atomic mass is 79.9. The summed E-state index contributed by atoms with van der Waals surface area (Å²) in [7, 11) is 0. The summed E-state index contributed by atoms with van der Waals surface area (Å²) >= 11 is 9.58. The van der Waals surface area contributed by atoms with Gasteiger partial charge in [0.05, 0.1) is 0 Å². The molecule has 0 aliphatic carbocycles. The van der Waals surface area contributed by atoms with Crippen LogP contribution in [0.2, 0.25) is 5.02 Å². The molecule has 1 aromatic rings. The normalized spacial score (nSPS) is 16.5. The van der Waals surface area contributed by atoms with Crippen LogP contribution in [0.5, 0.6) is 0 Å². The Bertz CT molecular complexity index is 552. The van der Waals surface area contributed by atoms with E-state index >= 15 is 0 Å². The highest BCUT2D eigenvalue weighted by molar-refractivity contribution is 9.10. The first-order valence-electron chi connectivity index (χ1n) is 7.90. The molecule has 1 aromatic carbocycles. The van der Waals surface area contributed by atoms with E-state index in [2.05, 4.69) is 21.2 Å². The monoisotopic (exact) mass is 402 g/mol. The van der Waals surface area contributed by atoms with Gasteiger partial charge in [0.2, 0.25) is 0 Å². The molecule has 1 aliphatic rings. The molecule has 0 spiro atoms. The van der Waals surface area contributed by atoms with E-state index in [1.165, 1.54) is 0 Å². The van der Waals surface area contributed by atoms with Crippen LogP contribution in [0.15, 0.2) is 22.7 Å². The number of benzene rings is 1. The average Bonchev–Trinajstić information content (AvgIpc) is 2.47. The second kappa shape index (κ2) is 7.86. The number of rotatable bonds is 3. The number of likely N-dealkylation sites (tertiary alicyclic amines) is 1. The summed E-state index contributed by atoms with van der Waals surface area (Å²) < 4.78 is 6.47. The lowest BCUT2D eigenvalue weighted by atomic mass is 10.0. The second-order valence-corrected chi connectivity index (χ2v) is 8.15. The summed E-state index contributed by atoms with van der Waals surface area (Å²) in [4.78, 5) is 13.8. The summed E-state index contributed by atoms with van der Waals surface area (Å²) in [6.07, 6.45) is 1.64. The molecule has 1 N–H and O–H groups in total. The Hall–Kier alpha value is -0.780. The highest BCUT2D eigenvalue weighted by Gasteiger charge is 2.26. The van der Waals surface area contributed by atoms with Gasteiger partial charge in [-0.25, -0.2) is 4.79 Å². The van der Waals surface area contributed by atoms with Crippen LogP contribution in [0.3, 0.4) is 0 Å². The lowest BCUT2D eigenvalue weighted by Crippen LogP contribution is -2.46. The van der Waals surface area contributed by atoms with Crippen molar-refractivity contribution in [2.75, 3.05) is 13.1 Å². The fraction of sp³-hybridized carbons (Fsp3) is 0.588. The smallest absolute Gasteiger partial charge is 0.410 e. The van der Waals surface area contributed by atoms with E-state index in [1.54, 1.807) is 4.90 Å². The van der Waals surface area contributed by atoms with E-state index in [4.69, 9.17) is 16.3 Å². The maximum atomic E-state index is 12.0. The van der Waals surface area contributed by atoms with Crippen LogP contribution in [-0.2, 0) is 11.3 Å². The first-order valence-corrected chi connectivity index (χ1v) is 9.07. The Morgan fingerprint density at radius 3 is 2.65 bits per heavy atom. The van der Waals surface area contributed by atoms with Crippen molar-refractivity contribution in [3.05, 3.63) is 33.3 Å². The predicted octanol–water partition coefficient (Wildman–Crippen LogP) is 4.59. The molecular formula is C17H24BrClN2O2. The molecule has 1 aliphatic heterocycles. The van der Waals surface area contributed by atoms with Gasteiger partial charge >= 0.3 is 6.09 Å². The minimum absolute atomic E-state index is 0.214. The van der Waals surface area contributed by atoms with Gasteiger partial charge in [-0.15, -0.1) is 0 Å². The van der Waals surface area contributed by atoms with Gasteiger partial charge in [-0.05, 0) is 57.4 Å². The van der Waals surface area contributed by atoms with E-state index in [-0.39, 0.29) is 6.09 Å². The molecule has 1 fully saturated rings. The van der Waals surface area contributed by atoms with E-state index < -0.39 is 5.60 Å². The lowest BCUT2D eigenvalue weighted by molar-refractivity contribution is 0.0198. The number of carbonyl (C=O) groups is 1. The van der Waals surface area contributed by atoms with Crippen molar-refractivity contribution in [3.63, 3.8) is 0 Å². The summed E-state index contributed by atoms with van der Waals surface area (Å²) in [6, 6.07) is 6.20. The second-order valence-electron chi connectivity index (χ2n) is 6.86. The summed E-state index contributed by atoms with van der Waals surface area (Å²) in [6.45, 7) is 7.89. The van der Waals surface area contributed by atoms with Crippen LogP contribution in [0.1, 0.15) is 39.2 Å². The minimum Gasteiger partial charge on any atom is -0.444 e. The maximum Gasteiger partial charge on any atom is 0.410 e. The SMILES string of the molecule is CC(C)(C)OC(=O)N1CCC(NCc2cc(Cl)ccc2Br)CC1. The number of hydrogen-bond donors (Lipinski definition) is 1. The van der Waals surface area contributed by atoms with E-state index in [0.29, 0.717) is 6.04 Å². The Morgan fingerprint density at radius 1 is 1.39 bits per heavy atom. The van der Waals surface area contributed by atoms with E-state index in [0.717, 1.165) is 47.5 Å². The third-order valence-corrected chi connectivity index (χ3v) is 4.74. The van der Waals surface area contributed by atoms with Crippen molar-refractivity contribution in [1.82, 2.24) is 10.2 Å². The van der Waals surface area contributed by atoms with Gasteiger partial charge in [0, 0.05) is 35.2 Å². The lowest BCUT2D eigenvalue weighted by Gasteiger charge is -2.33. The van der Waals surface area contributed by atoms with Gasteiger partial charge in [-0.3, -0.25) is 0 Å². The maximum absolute atomic E-state index is 12.0. The first kappa shape index (κ1) is 18.6. The number of hydrogen-bond acceptors (Lipinski definition) is 3. The number of nitrogens with zero attached hydrogens (tertiary/aromatic N) is 1. The number of nitrogens with one attached hydrogen (secondary N) is 1. The summed E-state index contributed by atoms with van der Waals surface area (Å²) in [5.41, 5.74) is 0.706. The fourth-order valence-corrected chi connectivity index (χ4v) is 3.11. The number of piperidine rings is 1. The third kappa shape index (κ3) is 5.98. The fourth-order valence-electron chi connectivity index (χ4n) is 2.53. The third-order valence-electron chi connectivity index (χ3n) is 3.74. The molecule has 1 amide bonds. The van der Waals surface area contributed by atoms with Gasteiger partial charge in [0.1, 0.15) is 5.60 Å². The molecule has 4 nitrogen and oxygen atoms in total. The minimum atomic E-state index is -0.439. The van der Waals surface area contributed by atoms with Gasteiger partial charge in [-0.1, -0.05) is 27.5 Å². The zero-order valence-electron chi connectivity index (χ0n) is 13.9. The first-order chi connectivity index (χ1) is 10.7. The molecule has 1 heterocycles. The molecule has 128 valence electrons. The van der Waals surface area contributed by atoms with Crippen LogP contribution in [-0.4, -0.2) is 35.7 Å². The predicted molar refractivity (Wildman–Crippen MR) is 96.8 cm³/mol. The molecule has 0 radical (unpaired) electrons. The molecule has 0 bridgehead atoms. The van der Waals surface area contributed by atoms with Gasteiger partial charge in [0.25, 0.3) is 0 Å². The van der Waals surface area contributed by atoms with Crippen molar-refractivity contribution >= 4 is 33.6 Å². The molecule has 0 atom stereocenters. The Kier molecular flexibility index (Phi) is 6.34. The van der Waals surface area contributed by atoms with Crippen LogP contribution in [0.4, 0.5) is 4.79 Å². The zero-order chi connectivity index (χ0) is 17.0. The molecule has 2 rings (SSSR count). The summed E-state index contributed by atoms with van der Waals surface area (Å²) in [5, 5.41) is 4.29. The van der Waals surface area contributed by atoms with E-state index in [9.17, 15) is 4.79 Å². The molecule has 6 heteroatoms. The molecule has 0 saturated carbocycles. The number of carbonyl (C=O) groups excluding carboxylic acids is 1. The Labute approximate surface area is 151 Å². The topological polar surface area (TPSA) is 41.6 Å². The quantitative estimate of drug-likeness (QED) is 0.802. The summed E-state index contributed by atoms with van der Waals surface area (Å²) in [5.74, 6) is 0. The van der Waals surface area contributed by atoms with Crippen molar-refractivity contribution in [1.29, 1.82) is 0 Å². The van der Waals surface area contributed by atoms with Crippen LogP contribution in [0.25, 0.3) is 0 Å². The molecule has 1 saturated heterocycles. The van der Waals surface area contributed by atoms with Gasteiger partial charge < -0.3 is 15.0 Å². The van der Waals surface area contributed by atoms with Crippen molar-refractivity contribution < 1.29 is 9.53 Å².